The summed E-state index contributed by atoms with van der Waals surface area (Å²) in [5.74, 6) is -0.699. The summed E-state index contributed by atoms with van der Waals surface area (Å²) in [5, 5.41) is 11.9. The van der Waals surface area contributed by atoms with Gasteiger partial charge in [0.05, 0.1) is 10.2 Å². The Morgan fingerprint density at radius 2 is 1.93 bits per heavy atom. The van der Waals surface area contributed by atoms with Crippen LogP contribution in [0.25, 0.3) is 6.08 Å². The molecule has 0 heterocycles. The number of amides is 1. The van der Waals surface area contributed by atoms with Crippen molar-refractivity contribution in [3.8, 4) is 11.5 Å². The van der Waals surface area contributed by atoms with Crippen molar-refractivity contribution >= 4 is 40.5 Å². The van der Waals surface area contributed by atoms with Gasteiger partial charge in [0.15, 0.2) is 11.5 Å². The molecule has 28 heavy (non-hydrogen) atoms. The second-order valence-electron chi connectivity index (χ2n) is 5.55. The fourth-order valence-electron chi connectivity index (χ4n) is 2.32. The number of aliphatic carboxylic acids is 1. The number of carbonyl (C=O) groups is 2. The minimum atomic E-state index is -1.25. The van der Waals surface area contributed by atoms with Crippen LogP contribution in [0.15, 0.2) is 60.8 Å². The van der Waals surface area contributed by atoms with Crippen molar-refractivity contribution in [1.82, 2.24) is 5.32 Å². The van der Waals surface area contributed by atoms with E-state index in [4.69, 9.17) is 9.47 Å². The molecular weight excluding hydrogens is 473 g/mol. The third-order valence-electron chi connectivity index (χ3n) is 3.50. The van der Waals surface area contributed by atoms with Crippen molar-refractivity contribution in [3.63, 3.8) is 0 Å². The predicted molar refractivity (Wildman–Crippen MR) is 116 cm³/mol. The molecule has 0 aromatic heterocycles. The molecule has 0 fully saturated rings. The summed E-state index contributed by atoms with van der Waals surface area (Å²) in [7, 11) is 0. The van der Waals surface area contributed by atoms with E-state index in [1.54, 1.807) is 48.5 Å². The van der Waals surface area contributed by atoms with Gasteiger partial charge in [0.2, 0.25) is 0 Å². The van der Waals surface area contributed by atoms with Crippen LogP contribution < -0.4 is 14.8 Å². The lowest BCUT2D eigenvalue weighted by atomic mass is 10.1. The van der Waals surface area contributed by atoms with Gasteiger partial charge in [-0.3, -0.25) is 4.79 Å². The molecule has 1 amide bonds. The Kier molecular flexibility index (Phi) is 8.06. The van der Waals surface area contributed by atoms with Crippen molar-refractivity contribution in [2.45, 2.75) is 6.92 Å². The highest BCUT2D eigenvalue weighted by Gasteiger charge is 2.16. The SMILES string of the molecule is C=CCOc1c(I)cc(C=C(NC(=O)c2ccccc2)C(=O)O)cc1OCC. The zero-order valence-electron chi connectivity index (χ0n) is 15.3. The number of benzene rings is 2. The molecule has 0 saturated heterocycles. The van der Waals surface area contributed by atoms with Crippen molar-refractivity contribution in [2.75, 3.05) is 13.2 Å². The van der Waals surface area contributed by atoms with Gasteiger partial charge in [-0.05, 0) is 65.4 Å². The lowest BCUT2D eigenvalue weighted by molar-refractivity contribution is -0.132. The highest BCUT2D eigenvalue weighted by Crippen LogP contribution is 2.35. The number of carbonyl (C=O) groups excluding carboxylic acids is 1. The summed E-state index contributed by atoms with van der Waals surface area (Å²) < 4.78 is 12.0. The first kappa shape index (κ1) is 21.5. The van der Waals surface area contributed by atoms with Crippen LogP contribution in [0.2, 0.25) is 0 Å². The van der Waals surface area contributed by atoms with E-state index in [2.05, 4.69) is 34.5 Å². The minimum absolute atomic E-state index is 0.244. The maximum absolute atomic E-state index is 12.3. The van der Waals surface area contributed by atoms with Crippen LogP contribution in [0.5, 0.6) is 11.5 Å². The van der Waals surface area contributed by atoms with Gasteiger partial charge >= 0.3 is 5.97 Å². The van der Waals surface area contributed by atoms with E-state index in [1.807, 2.05) is 6.92 Å². The summed E-state index contributed by atoms with van der Waals surface area (Å²) in [6.07, 6.45) is 3.01. The van der Waals surface area contributed by atoms with Gasteiger partial charge in [-0.25, -0.2) is 4.79 Å². The lowest BCUT2D eigenvalue weighted by Crippen LogP contribution is -2.27. The van der Waals surface area contributed by atoms with Gasteiger partial charge in [-0.2, -0.15) is 0 Å². The lowest BCUT2D eigenvalue weighted by Gasteiger charge is -2.14. The van der Waals surface area contributed by atoms with E-state index >= 15 is 0 Å². The Morgan fingerprint density at radius 3 is 2.54 bits per heavy atom. The summed E-state index contributed by atoms with van der Waals surface area (Å²) in [5.41, 5.74) is 0.684. The normalized spacial score (nSPS) is 10.9. The van der Waals surface area contributed by atoms with E-state index in [1.165, 1.54) is 6.08 Å². The van der Waals surface area contributed by atoms with E-state index in [0.717, 1.165) is 3.57 Å². The van der Waals surface area contributed by atoms with Gasteiger partial charge in [0, 0.05) is 5.56 Å². The summed E-state index contributed by atoms with van der Waals surface area (Å²) >= 11 is 2.09. The molecule has 0 aliphatic rings. The Balaban J connectivity index is 2.36. The standard InChI is InChI=1S/C21H20INO5/c1-3-10-28-19-16(22)11-14(13-18(19)27-4-2)12-17(21(25)26)23-20(24)15-8-6-5-7-9-15/h3,5-9,11-13H,1,4,10H2,2H3,(H,23,24)(H,25,26). The summed E-state index contributed by atoms with van der Waals surface area (Å²) in [6, 6.07) is 11.8. The maximum Gasteiger partial charge on any atom is 0.352 e. The fraction of sp³-hybridized carbons (Fsp3) is 0.143. The molecule has 0 bridgehead atoms. The zero-order chi connectivity index (χ0) is 20.5. The first-order valence-electron chi connectivity index (χ1n) is 8.47. The minimum Gasteiger partial charge on any atom is -0.490 e. The predicted octanol–water partition coefficient (Wildman–Crippen LogP) is 4.11. The third-order valence-corrected chi connectivity index (χ3v) is 4.30. The van der Waals surface area contributed by atoms with Crippen LogP contribution in [0.4, 0.5) is 0 Å². The monoisotopic (exact) mass is 493 g/mol. The van der Waals surface area contributed by atoms with Gasteiger partial charge in [0.1, 0.15) is 12.3 Å². The molecule has 0 spiro atoms. The van der Waals surface area contributed by atoms with Crippen molar-refractivity contribution in [3.05, 3.63) is 75.5 Å². The molecule has 0 radical (unpaired) electrons. The molecule has 6 nitrogen and oxygen atoms in total. The summed E-state index contributed by atoms with van der Waals surface area (Å²) in [6.45, 7) is 6.21. The second-order valence-corrected chi connectivity index (χ2v) is 6.71. The van der Waals surface area contributed by atoms with E-state index in [0.29, 0.717) is 35.8 Å². The van der Waals surface area contributed by atoms with Crippen LogP contribution in [0, 0.1) is 3.57 Å². The number of halogens is 1. The smallest absolute Gasteiger partial charge is 0.352 e. The topological polar surface area (TPSA) is 84.9 Å². The van der Waals surface area contributed by atoms with E-state index in [9.17, 15) is 14.7 Å². The van der Waals surface area contributed by atoms with E-state index in [-0.39, 0.29) is 5.70 Å². The second kappa shape index (κ2) is 10.5. The van der Waals surface area contributed by atoms with Gasteiger partial charge in [-0.1, -0.05) is 30.9 Å². The summed E-state index contributed by atoms with van der Waals surface area (Å²) in [4.78, 5) is 23.9. The van der Waals surface area contributed by atoms with Gasteiger partial charge in [0.25, 0.3) is 5.91 Å². The van der Waals surface area contributed by atoms with Gasteiger partial charge in [-0.15, -0.1) is 0 Å². The van der Waals surface area contributed by atoms with Crippen molar-refractivity contribution in [2.24, 2.45) is 0 Å². The molecular formula is C21H20INO5. The molecule has 2 rings (SSSR count). The van der Waals surface area contributed by atoms with Crippen LogP contribution >= 0.6 is 22.6 Å². The third kappa shape index (κ3) is 5.85. The zero-order valence-corrected chi connectivity index (χ0v) is 17.4. The number of rotatable bonds is 9. The highest BCUT2D eigenvalue weighted by molar-refractivity contribution is 14.1. The number of carboxylic acids is 1. The molecule has 0 atom stereocenters. The molecule has 0 aliphatic heterocycles. The number of hydrogen-bond acceptors (Lipinski definition) is 4. The molecule has 2 aromatic carbocycles. The van der Waals surface area contributed by atoms with Crippen LogP contribution in [-0.4, -0.2) is 30.2 Å². The van der Waals surface area contributed by atoms with E-state index < -0.39 is 11.9 Å². The molecule has 2 aromatic rings. The number of nitrogens with one attached hydrogen (secondary N) is 1. The molecule has 0 aliphatic carbocycles. The van der Waals surface area contributed by atoms with Crippen LogP contribution in [0.1, 0.15) is 22.8 Å². The molecule has 146 valence electrons. The molecule has 2 N–H and O–H groups in total. The molecule has 7 heteroatoms. The van der Waals surface area contributed by atoms with Gasteiger partial charge < -0.3 is 19.9 Å². The van der Waals surface area contributed by atoms with Crippen LogP contribution in [-0.2, 0) is 4.79 Å². The highest BCUT2D eigenvalue weighted by atomic mass is 127. The Labute approximate surface area is 177 Å². The fourth-order valence-corrected chi connectivity index (χ4v) is 3.10. The number of hydrogen-bond donors (Lipinski definition) is 2. The maximum atomic E-state index is 12.3. The first-order chi connectivity index (χ1) is 13.5. The quantitative estimate of drug-likeness (QED) is 0.312. The largest absolute Gasteiger partial charge is 0.490 e. The Bertz CT molecular complexity index is 893. The molecule has 0 unspecified atom stereocenters. The number of carboxylic acid groups (broad SMARTS) is 1. The Morgan fingerprint density at radius 1 is 1.21 bits per heavy atom. The first-order valence-corrected chi connectivity index (χ1v) is 9.55. The average Bonchev–Trinajstić information content (AvgIpc) is 2.67. The van der Waals surface area contributed by atoms with Crippen molar-refractivity contribution in [1.29, 1.82) is 0 Å². The van der Waals surface area contributed by atoms with Crippen LogP contribution in [0.3, 0.4) is 0 Å². The van der Waals surface area contributed by atoms with Crippen molar-refractivity contribution < 1.29 is 24.2 Å². The Hall–Kier alpha value is -2.81. The average molecular weight is 493 g/mol. The molecule has 0 saturated carbocycles. The number of ether oxygens (including phenoxy) is 2.